The maximum atomic E-state index is 13.4. The van der Waals surface area contributed by atoms with Gasteiger partial charge in [-0.05, 0) is 60.2 Å². The molecule has 204 valence electrons. The first-order valence-electron chi connectivity index (χ1n) is 13.1. The van der Waals surface area contributed by atoms with Crippen LogP contribution in [0.3, 0.4) is 0 Å². The van der Waals surface area contributed by atoms with Gasteiger partial charge in [0.15, 0.2) is 0 Å². The molecule has 0 aliphatic carbocycles. The number of benzene rings is 2. The number of hydrogen-bond acceptors (Lipinski definition) is 4. The van der Waals surface area contributed by atoms with Crippen LogP contribution in [0.25, 0.3) is 11.1 Å². The molecule has 6 nitrogen and oxygen atoms in total. The Labute approximate surface area is 231 Å². The highest BCUT2D eigenvalue weighted by Crippen LogP contribution is 2.36. The maximum absolute atomic E-state index is 13.4. The summed E-state index contributed by atoms with van der Waals surface area (Å²) in [6, 6.07) is 10.6. The van der Waals surface area contributed by atoms with Gasteiger partial charge < -0.3 is 10.0 Å². The van der Waals surface area contributed by atoms with E-state index in [4.69, 9.17) is 23.2 Å². The number of likely N-dealkylation sites (tertiary alicyclic amines) is 1. The smallest absolute Gasteiger partial charge is 0.253 e. The van der Waals surface area contributed by atoms with E-state index in [2.05, 4.69) is 0 Å². The summed E-state index contributed by atoms with van der Waals surface area (Å²) in [5.74, 6) is -2.94. The van der Waals surface area contributed by atoms with Gasteiger partial charge in [0.25, 0.3) is 11.8 Å². The number of carbonyl (C=O) groups excluding carboxylic acids is 2. The molecule has 2 aromatic carbocycles. The average Bonchev–Trinajstić information content (AvgIpc) is 3.32. The summed E-state index contributed by atoms with van der Waals surface area (Å²) in [6.07, 6.45) is 1.35. The summed E-state index contributed by atoms with van der Waals surface area (Å²) < 4.78 is 26.9. The van der Waals surface area contributed by atoms with Gasteiger partial charge in [-0.15, -0.1) is 0 Å². The van der Waals surface area contributed by atoms with Crippen molar-refractivity contribution in [3.63, 3.8) is 0 Å². The molecule has 0 saturated carbocycles. The summed E-state index contributed by atoms with van der Waals surface area (Å²) in [5, 5.41) is 15.5. The van der Waals surface area contributed by atoms with Crippen LogP contribution < -0.4 is 0 Å². The second-order valence-corrected chi connectivity index (χ2v) is 11.3. The summed E-state index contributed by atoms with van der Waals surface area (Å²) in [5.41, 5.74) is 2.80. The molecule has 2 atom stereocenters. The molecule has 0 aromatic heterocycles. The van der Waals surface area contributed by atoms with E-state index in [0.717, 1.165) is 29.7 Å². The molecular formula is C28H31Cl2F2N3O3. The number of aliphatic hydroxyl groups excluding tert-OH is 1. The molecule has 3 fully saturated rings. The monoisotopic (exact) mass is 565 g/mol. The minimum Gasteiger partial charge on any atom is -0.393 e. The highest BCUT2D eigenvalue weighted by atomic mass is 35.5. The number of rotatable bonds is 5. The van der Waals surface area contributed by atoms with Crippen LogP contribution in [0, 0.1) is 5.92 Å². The van der Waals surface area contributed by atoms with E-state index in [1.54, 1.807) is 29.3 Å². The quantitative estimate of drug-likeness (QED) is 0.534. The Morgan fingerprint density at radius 1 is 1.00 bits per heavy atom. The summed E-state index contributed by atoms with van der Waals surface area (Å²) >= 11 is 13.4. The number of hydrazine groups is 1. The summed E-state index contributed by atoms with van der Waals surface area (Å²) in [4.78, 5) is 26.4. The van der Waals surface area contributed by atoms with Gasteiger partial charge in [0.05, 0.1) is 6.10 Å². The Morgan fingerprint density at radius 3 is 2.26 bits per heavy atom. The Hall–Kier alpha value is -2.26. The first kappa shape index (κ1) is 27.3. The number of carbonyl (C=O) groups is 2. The third-order valence-electron chi connectivity index (χ3n) is 7.92. The average molecular weight is 566 g/mol. The van der Waals surface area contributed by atoms with Crippen LogP contribution >= 0.6 is 23.2 Å². The number of aliphatic hydroxyl groups is 1. The van der Waals surface area contributed by atoms with Crippen molar-refractivity contribution in [2.24, 2.45) is 5.92 Å². The lowest BCUT2D eigenvalue weighted by Crippen LogP contribution is -2.52. The first-order chi connectivity index (χ1) is 18.1. The van der Waals surface area contributed by atoms with Crippen LogP contribution in [0.5, 0.6) is 0 Å². The van der Waals surface area contributed by atoms with Crippen LogP contribution in [0.1, 0.15) is 48.0 Å². The fourth-order valence-electron chi connectivity index (χ4n) is 5.61. The molecule has 5 rings (SSSR count). The van der Waals surface area contributed by atoms with Gasteiger partial charge in [-0.3, -0.25) is 14.6 Å². The van der Waals surface area contributed by atoms with Crippen LogP contribution in [-0.4, -0.2) is 76.6 Å². The zero-order chi connectivity index (χ0) is 27.0. The normalized spacial score (nSPS) is 24.2. The number of nitrogens with zero attached hydrogens (tertiary/aromatic N) is 3. The molecule has 2 amide bonds. The minimum absolute atomic E-state index is 0.0437. The number of piperidine rings is 2. The molecule has 2 aromatic rings. The van der Waals surface area contributed by atoms with Gasteiger partial charge in [0, 0.05) is 73.5 Å². The van der Waals surface area contributed by atoms with Crippen molar-refractivity contribution in [3.8, 4) is 11.1 Å². The van der Waals surface area contributed by atoms with Gasteiger partial charge in [-0.25, -0.2) is 13.8 Å². The van der Waals surface area contributed by atoms with E-state index >= 15 is 0 Å². The van der Waals surface area contributed by atoms with Crippen molar-refractivity contribution in [3.05, 3.63) is 57.6 Å². The SMILES string of the molecule is O=C(c1ccc(-c2cc(Cl)c(CC3CN(N4CCCC4=O)CCC3O)c(Cl)c2)cc1)N1CCC(F)(F)CC1. The third kappa shape index (κ3) is 5.83. The standard InChI is InChI=1S/C28H31Cl2F2N3O3/c29-23-15-20(18-3-5-19(6-4-18)27(38)33-12-8-28(31,32)9-13-33)16-24(30)22(23)14-21-17-34(11-7-25(21)36)35-10-1-2-26(35)37/h3-6,15-16,21,25,36H,1-2,7-14,17H2. The molecule has 1 N–H and O–H groups in total. The lowest BCUT2D eigenvalue weighted by molar-refractivity contribution is -0.150. The van der Waals surface area contributed by atoms with E-state index in [0.29, 0.717) is 48.0 Å². The van der Waals surface area contributed by atoms with Gasteiger partial charge in [-0.2, -0.15) is 0 Å². The van der Waals surface area contributed by atoms with Crippen LogP contribution in [0.4, 0.5) is 8.78 Å². The number of alkyl halides is 2. The zero-order valence-corrected chi connectivity index (χ0v) is 22.5. The van der Waals surface area contributed by atoms with E-state index < -0.39 is 12.0 Å². The largest absolute Gasteiger partial charge is 0.393 e. The molecule has 0 bridgehead atoms. The number of hydrogen-bond donors (Lipinski definition) is 1. The predicted octanol–water partition coefficient (Wildman–Crippen LogP) is 5.29. The van der Waals surface area contributed by atoms with Crippen molar-refractivity contribution < 1.29 is 23.5 Å². The van der Waals surface area contributed by atoms with Crippen molar-refractivity contribution in [1.29, 1.82) is 0 Å². The van der Waals surface area contributed by atoms with Crippen LogP contribution in [0.15, 0.2) is 36.4 Å². The van der Waals surface area contributed by atoms with E-state index in [9.17, 15) is 23.5 Å². The van der Waals surface area contributed by atoms with Crippen molar-refractivity contribution in [2.75, 3.05) is 32.7 Å². The molecule has 0 radical (unpaired) electrons. The van der Waals surface area contributed by atoms with E-state index in [-0.39, 0.29) is 43.7 Å². The van der Waals surface area contributed by atoms with Gasteiger partial charge in [0.2, 0.25) is 5.91 Å². The van der Waals surface area contributed by atoms with Crippen LogP contribution in [0.2, 0.25) is 10.0 Å². The Kier molecular flexibility index (Phi) is 7.96. The summed E-state index contributed by atoms with van der Waals surface area (Å²) in [7, 11) is 0. The maximum Gasteiger partial charge on any atom is 0.253 e. The third-order valence-corrected chi connectivity index (χ3v) is 8.59. The van der Waals surface area contributed by atoms with Crippen molar-refractivity contribution in [1.82, 2.24) is 14.9 Å². The van der Waals surface area contributed by atoms with Crippen molar-refractivity contribution >= 4 is 35.0 Å². The van der Waals surface area contributed by atoms with E-state index in [1.807, 2.05) is 17.1 Å². The topological polar surface area (TPSA) is 64.1 Å². The minimum atomic E-state index is -2.70. The molecule has 0 spiro atoms. The fraction of sp³-hybridized carbons (Fsp3) is 0.500. The van der Waals surface area contributed by atoms with Gasteiger partial charge in [-0.1, -0.05) is 35.3 Å². The molecule has 3 heterocycles. The number of amides is 2. The zero-order valence-electron chi connectivity index (χ0n) is 21.0. The second kappa shape index (κ2) is 11.1. The lowest BCUT2D eigenvalue weighted by Gasteiger charge is -2.40. The molecule has 3 saturated heterocycles. The second-order valence-electron chi connectivity index (χ2n) is 10.5. The van der Waals surface area contributed by atoms with Crippen LogP contribution in [-0.2, 0) is 11.2 Å². The molecule has 2 unspecified atom stereocenters. The molecule has 3 aliphatic rings. The van der Waals surface area contributed by atoms with Gasteiger partial charge >= 0.3 is 0 Å². The Balaban J connectivity index is 1.27. The molecule has 10 heteroatoms. The highest BCUT2D eigenvalue weighted by Gasteiger charge is 2.36. The molecule has 38 heavy (non-hydrogen) atoms. The first-order valence-corrected chi connectivity index (χ1v) is 13.9. The molecule has 3 aliphatic heterocycles. The van der Waals surface area contributed by atoms with Crippen molar-refractivity contribution in [2.45, 2.75) is 50.6 Å². The molecular weight excluding hydrogens is 535 g/mol. The highest BCUT2D eigenvalue weighted by molar-refractivity contribution is 6.36. The van der Waals surface area contributed by atoms with E-state index in [1.165, 1.54) is 4.90 Å². The fourth-order valence-corrected chi connectivity index (χ4v) is 6.25. The van der Waals surface area contributed by atoms with Gasteiger partial charge in [0.1, 0.15) is 0 Å². The number of halogens is 4. The lowest BCUT2D eigenvalue weighted by atomic mass is 9.88. The Bertz CT molecular complexity index is 1180. The predicted molar refractivity (Wildman–Crippen MR) is 142 cm³/mol. The summed E-state index contributed by atoms with van der Waals surface area (Å²) in [6.45, 7) is 2.01. The Morgan fingerprint density at radius 2 is 1.66 bits per heavy atom.